The lowest BCUT2D eigenvalue weighted by molar-refractivity contribution is 0.627. The van der Waals surface area contributed by atoms with E-state index in [4.69, 9.17) is 5.26 Å². The van der Waals surface area contributed by atoms with Crippen molar-refractivity contribution in [3.63, 3.8) is 0 Å². The van der Waals surface area contributed by atoms with E-state index in [-0.39, 0.29) is 5.25 Å². The molecule has 0 radical (unpaired) electrons. The average Bonchev–Trinajstić information content (AvgIpc) is 2.61. The van der Waals surface area contributed by atoms with Crippen LogP contribution < -0.4 is 5.32 Å². The first-order valence-corrected chi connectivity index (χ1v) is 7.67. The van der Waals surface area contributed by atoms with Crippen LogP contribution in [0.4, 0.5) is 0 Å². The van der Waals surface area contributed by atoms with Crippen molar-refractivity contribution in [2.24, 2.45) is 7.05 Å². The van der Waals surface area contributed by atoms with Crippen molar-refractivity contribution < 1.29 is 4.21 Å². The number of hydrogen-bond donors (Lipinski definition) is 1. The van der Waals surface area contributed by atoms with Crippen molar-refractivity contribution in [2.45, 2.75) is 32.1 Å². The van der Waals surface area contributed by atoms with Gasteiger partial charge in [0.1, 0.15) is 11.8 Å². The Morgan fingerprint density at radius 2 is 2.28 bits per heavy atom. The van der Waals surface area contributed by atoms with Crippen LogP contribution in [0.25, 0.3) is 0 Å². The van der Waals surface area contributed by atoms with E-state index in [1.165, 1.54) is 0 Å². The van der Waals surface area contributed by atoms with E-state index in [1.807, 2.05) is 31.5 Å². The number of rotatable bonds is 6. The largest absolute Gasteiger partial charge is 0.340 e. The highest BCUT2D eigenvalue weighted by Crippen LogP contribution is 2.13. The van der Waals surface area contributed by atoms with Crippen LogP contribution in [0.15, 0.2) is 6.07 Å². The van der Waals surface area contributed by atoms with Gasteiger partial charge in [0, 0.05) is 41.6 Å². The fourth-order valence-electron chi connectivity index (χ4n) is 1.74. The molecule has 1 N–H and O–H groups in total. The van der Waals surface area contributed by atoms with Crippen molar-refractivity contribution in [3.05, 3.63) is 23.0 Å². The first-order chi connectivity index (χ1) is 8.47. The molecule has 18 heavy (non-hydrogen) atoms. The highest BCUT2D eigenvalue weighted by Gasteiger charge is 2.09. The minimum absolute atomic E-state index is 0.226. The van der Waals surface area contributed by atoms with Crippen LogP contribution in [0, 0.1) is 18.3 Å². The molecule has 0 bridgehead atoms. The van der Waals surface area contributed by atoms with Crippen molar-refractivity contribution in [3.8, 4) is 6.07 Å². The second kappa shape index (κ2) is 6.72. The molecule has 4 nitrogen and oxygen atoms in total. The summed E-state index contributed by atoms with van der Waals surface area (Å²) < 4.78 is 13.1. The Morgan fingerprint density at radius 1 is 1.61 bits per heavy atom. The second-order valence-electron chi connectivity index (χ2n) is 4.59. The molecule has 0 aliphatic heterocycles. The lowest BCUT2D eigenvalue weighted by Gasteiger charge is -2.09. The third-order valence-corrected chi connectivity index (χ3v) is 4.73. The minimum atomic E-state index is -0.751. The van der Waals surface area contributed by atoms with Gasteiger partial charge in [0.2, 0.25) is 0 Å². The van der Waals surface area contributed by atoms with Gasteiger partial charge in [-0.2, -0.15) is 5.26 Å². The molecule has 100 valence electrons. The highest BCUT2D eigenvalue weighted by atomic mass is 32.2. The summed E-state index contributed by atoms with van der Waals surface area (Å²) in [6.07, 6.45) is 2.64. The van der Waals surface area contributed by atoms with Crippen LogP contribution in [0.5, 0.6) is 0 Å². The summed E-state index contributed by atoms with van der Waals surface area (Å²) in [5.74, 6) is 0. The standard InChI is InChI=1S/C13H21N3OS/c1-10(18(4)17)5-6-15-9-12-7-13(8-14)16(3)11(12)2/h7,10,15H,5-6,9H2,1-4H3. The van der Waals surface area contributed by atoms with Gasteiger partial charge in [-0.15, -0.1) is 0 Å². The monoisotopic (exact) mass is 267 g/mol. The van der Waals surface area contributed by atoms with Crippen LogP contribution in [-0.4, -0.2) is 26.8 Å². The first-order valence-electron chi connectivity index (χ1n) is 6.05. The highest BCUT2D eigenvalue weighted by molar-refractivity contribution is 7.84. The van der Waals surface area contributed by atoms with E-state index in [1.54, 1.807) is 6.26 Å². The molecular weight excluding hydrogens is 246 g/mol. The fourth-order valence-corrected chi connectivity index (χ4v) is 2.19. The van der Waals surface area contributed by atoms with Gasteiger partial charge in [-0.25, -0.2) is 0 Å². The Labute approximate surface area is 111 Å². The topological polar surface area (TPSA) is 57.8 Å². The average molecular weight is 267 g/mol. The van der Waals surface area contributed by atoms with Gasteiger partial charge in [0.15, 0.2) is 0 Å². The Balaban J connectivity index is 2.46. The fraction of sp³-hybridized carbons (Fsp3) is 0.615. The van der Waals surface area contributed by atoms with Crippen molar-refractivity contribution >= 4 is 10.8 Å². The van der Waals surface area contributed by atoms with E-state index in [9.17, 15) is 4.21 Å². The summed E-state index contributed by atoms with van der Waals surface area (Å²) in [4.78, 5) is 0. The van der Waals surface area contributed by atoms with Crippen LogP contribution in [0.3, 0.4) is 0 Å². The van der Waals surface area contributed by atoms with Crippen molar-refractivity contribution in [1.82, 2.24) is 9.88 Å². The number of nitrogens with one attached hydrogen (secondary N) is 1. The predicted molar refractivity (Wildman–Crippen MR) is 74.7 cm³/mol. The van der Waals surface area contributed by atoms with Gasteiger partial charge >= 0.3 is 0 Å². The molecule has 2 atom stereocenters. The summed E-state index contributed by atoms with van der Waals surface area (Å²) >= 11 is 0. The summed E-state index contributed by atoms with van der Waals surface area (Å²) in [5, 5.41) is 12.5. The Morgan fingerprint density at radius 3 is 2.78 bits per heavy atom. The lowest BCUT2D eigenvalue weighted by atomic mass is 10.2. The maximum atomic E-state index is 11.2. The molecule has 0 amide bonds. The molecule has 1 aromatic heterocycles. The smallest absolute Gasteiger partial charge is 0.120 e. The molecule has 1 heterocycles. The minimum Gasteiger partial charge on any atom is -0.340 e. The molecule has 5 heteroatoms. The molecule has 1 aromatic rings. The zero-order chi connectivity index (χ0) is 13.7. The molecule has 0 aliphatic carbocycles. The molecule has 1 rings (SSSR count). The van der Waals surface area contributed by atoms with Gasteiger partial charge in [0.25, 0.3) is 0 Å². The zero-order valence-electron chi connectivity index (χ0n) is 11.5. The molecular formula is C13H21N3OS. The maximum Gasteiger partial charge on any atom is 0.120 e. The summed E-state index contributed by atoms with van der Waals surface area (Å²) in [7, 11) is 1.15. The lowest BCUT2D eigenvalue weighted by Crippen LogP contribution is -2.21. The van der Waals surface area contributed by atoms with E-state index in [0.717, 1.165) is 30.8 Å². The number of nitrogens with zero attached hydrogens (tertiary/aromatic N) is 2. The Bertz CT molecular complexity index is 473. The van der Waals surface area contributed by atoms with Crippen LogP contribution in [0.2, 0.25) is 0 Å². The maximum absolute atomic E-state index is 11.2. The Kier molecular flexibility index (Phi) is 5.57. The Hall–Kier alpha value is -1.12. The third kappa shape index (κ3) is 3.69. The summed E-state index contributed by atoms with van der Waals surface area (Å²) in [6.45, 7) is 5.61. The number of nitriles is 1. The normalized spacial score (nSPS) is 14.2. The molecule has 0 spiro atoms. The molecule has 0 fully saturated rings. The van der Waals surface area contributed by atoms with Gasteiger partial charge < -0.3 is 9.88 Å². The summed E-state index contributed by atoms with van der Waals surface area (Å²) in [5.41, 5.74) is 2.96. The molecule has 2 unspecified atom stereocenters. The predicted octanol–water partition coefficient (Wildman–Crippen LogP) is 1.45. The molecule has 0 saturated carbocycles. The third-order valence-electron chi connectivity index (χ3n) is 3.36. The number of aromatic nitrogens is 1. The van der Waals surface area contributed by atoms with Gasteiger partial charge in [-0.1, -0.05) is 6.92 Å². The van der Waals surface area contributed by atoms with Crippen LogP contribution in [-0.2, 0) is 24.4 Å². The van der Waals surface area contributed by atoms with Gasteiger partial charge in [0.05, 0.1) is 0 Å². The van der Waals surface area contributed by atoms with E-state index in [2.05, 4.69) is 11.4 Å². The van der Waals surface area contributed by atoms with E-state index >= 15 is 0 Å². The zero-order valence-corrected chi connectivity index (χ0v) is 12.3. The first kappa shape index (κ1) is 14.9. The van der Waals surface area contributed by atoms with Crippen molar-refractivity contribution in [1.29, 1.82) is 5.26 Å². The van der Waals surface area contributed by atoms with Crippen LogP contribution >= 0.6 is 0 Å². The van der Waals surface area contributed by atoms with Gasteiger partial charge in [-0.3, -0.25) is 4.21 Å². The molecule has 0 aliphatic rings. The summed E-state index contributed by atoms with van der Waals surface area (Å²) in [6, 6.07) is 4.10. The quantitative estimate of drug-likeness (QED) is 0.794. The SMILES string of the molecule is Cc1c(CNCCC(C)S(C)=O)cc(C#N)n1C. The van der Waals surface area contributed by atoms with Gasteiger partial charge in [-0.05, 0) is 31.5 Å². The number of hydrogen-bond acceptors (Lipinski definition) is 3. The van der Waals surface area contributed by atoms with E-state index in [0.29, 0.717) is 5.69 Å². The second-order valence-corrected chi connectivity index (χ2v) is 6.39. The molecule has 0 saturated heterocycles. The van der Waals surface area contributed by atoms with Crippen LogP contribution in [0.1, 0.15) is 30.3 Å². The van der Waals surface area contributed by atoms with E-state index < -0.39 is 10.8 Å². The van der Waals surface area contributed by atoms with Crippen molar-refractivity contribution in [2.75, 3.05) is 12.8 Å². The molecule has 0 aromatic carbocycles.